The van der Waals surface area contributed by atoms with E-state index in [-0.39, 0.29) is 0 Å². The smallest absolute Gasteiger partial charge is 0.137 e. The lowest BCUT2D eigenvalue weighted by Gasteiger charge is -2.31. The van der Waals surface area contributed by atoms with Gasteiger partial charge < -0.3 is 0 Å². The van der Waals surface area contributed by atoms with Crippen molar-refractivity contribution in [2.45, 2.75) is 19.4 Å². The third kappa shape index (κ3) is 2.89. The summed E-state index contributed by atoms with van der Waals surface area (Å²) < 4.78 is 1.93. The molecule has 15 heavy (non-hydrogen) atoms. The van der Waals surface area contributed by atoms with Crippen molar-refractivity contribution in [1.29, 1.82) is 0 Å². The molecule has 1 saturated heterocycles. The van der Waals surface area contributed by atoms with Crippen LogP contribution in [0.5, 0.6) is 0 Å². The predicted molar refractivity (Wildman–Crippen MR) is 59.4 cm³/mol. The summed E-state index contributed by atoms with van der Waals surface area (Å²) in [6.07, 6.45) is 7.97. The Kier molecular flexibility index (Phi) is 3.50. The van der Waals surface area contributed by atoms with E-state index in [9.17, 15) is 0 Å². The molecule has 0 N–H and O–H groups in total. The van der Waals surface area contributed by atoms with Gasteiger partial charge in [0.25, 0.3) is 0 Å². The summed E-state index contributed by atoms with van der Waals surface area (Å²) in [4.78, 5) is 6.42. The summed E-state index contributed by atoms with van der Waals surface area (Å²) in [7, 11) is 0. The number of hydrogen-bond acceptors (Lipinski definition) is 3. The highest BCUT2D eigenvalue weighted by molar-refractivity contribution is 4.79. The minimum absolute atomic E-state index is 0.709. The highest BCUT2D eigenvalue weighted by Crippen LogP contribution is 2.17. The van der Waals surface area contributed by atoms with Crippen LogP contribution in [0.4, 0.5) is 0 Å². The molecule has 1 unspecified atom stereocenters. The van der Waals surface area contributed by atoms with Crippen molar-refractivity contribution < 1.29 is 0 Å². The average molecular weight is 206 g/mol. The molecule has 0 radical (unpaired) electrons. The summed E-state index contributed by atoms with van der Waals surface area (Å²) in [5.41, 5.74) is 0. The maximum atomic E-state index is 4.15. The van der Waals surface area contributed by atoms with Gasteiger partial charge in [-0.15, -0.1) is 6.58 Å². The zero-order valence-corrected chi connectivity index (χ0v) is 9.05. The fraction of sp³-hybridized carbons (Fsp3) is 0.636. The van der Waals surface area contributed by atoms with E-state index in [1.54, 1.807) is 12.7 Å². The Balaban J connectivity index is 1.84. The van der Waals surface area contributed by atoms with E-state index in [0.717, 1.165) is 19.6 Å². The first-order valence-electron chi connectivity index (χ1n) is 5.54. The Labute approximate surface area is 90.6 Å². The highest BCUT2D eigenvalue weighted by Gasteiger charge is 2.19. The van der Waals surface area contributed by atoms with Crippen LogP contribution in [0.1, 0.15) is 12.8 Å². The van der Waals surface area contributed by atoms with E-state index in [0.29, 0.717) is 5.92 Å². The molecule has 0 spiro atoms. The molecule has 0 amide bonds. The molecule has 1 fully saturated rings. The SMILES string of the molecule is C=CCN1CCCC(Cn2cncn2)C1. The summed E-state index contributed by atoms with van der Waals surface area (Å²) >= 11 is 0. The molecule has 1 aliphatic heterocycles. The van der Waals surface area contributed by atoms with Gasteiger partial charge in [-0.1, -0.05) is 6.08 Å². The van der Waals surface area contributed by atoms with E-state index in [4.69, 9.17) is 0 Å². The van der Waals surface area contributed by atoms with Crippen LogP contribution in [0, 0.1) is 5.92 Å². The van der Waals surface area contributed by atoms with Gasteiger partial charge in [-0.25, -0.2) is 4.98 Å². The lowest BCUT2D eigenvalue weighted by molar-refractivity contribution is 0.174. The van der Waals surface area contributed by atoms with Gasteiger partial charge in [0.15, 0.2) is 0 Å². The van der Waals surface area contributed by atoms with Gasteiger partial charge >= 0.3 is 0 Å². The first-order chi connectivity index (χ1) is 7.38. The van der Waals surface area contributed by atoms with Gasteiger partial charge in [0, 0.05) is 19.6 Å². The second-order valence-electron chi connectivity index (χ2n) is 4.17. The highest BCUT2D eigenvalue weighted by atomic mass is 15.3. The lowest BCUT2D eigenvalue weighted by atomic mass is 9.98. The van der Waals surface area contributed by atoms with E-state index < -0.39 is 0 Å². The zero-order valence-electron chi connectivity index (χ0n) is 9.05. The fourth-order valence-corrected chi connectivity index (χ4v) is 2.24. The number of hydrogen-bond donors (Lipinski definition) is 0. The van der Waals surface area contributed by atoms with Crippen molar-refractivity contribution in [2.24, 2.45) is 5.92 Å². The molecule has 0 aromatic carbocycles. The van der Waals surface area contributed by atoms with Gasteiger partial charge in [0.05, 0.1) is 0 Å². The lowest BCUT2D eigenvalue weighted by Crippen LogP contribution is -2.37. The number of aromatic nitrogens is 3. The summed E-state index contributed by atoms with van der Waals surface area (Å²) in [5, 5.41) is 4.15. The van der Waals surface area contributed by atoms with Gasteiger partial charge in [0.1, 0.15) is 12.7 Å². The van der Waals surface area contributed by atoms with Crippen molar-refractivity contribution in [1.82, 2.24) is 19.7 Å². The fourth-order valence-electron chi connectivity index (χ4n) is 2.24. The molecule has 4 heteroatoms. The minimum Gasteiger partial charge on any atom is -0.299 e. The molecule has 82 valence electrons. The Morgan fingerprint density at radius 3 is 3.20 bits per heavy atom. The Hall–Kier alpha value is -1.16. The van der Waals surface area contributed by atoms with E-state index in [1.807, 2.05) is 10.8 Å². The number of nitrogens with zero attached hydrogens (tertiary/aromatic N) is 4. The van der Waals surface area contributed by atoms with Crippen LogP contribution in [-0.4, -0.2) is 39.3 Å². The summed E-state index contributed by atoms with van der Waals surface area (Å²) in [6, 6.07) is 0. The summed E-state index contributed by atoms with van der Waals surface area (Å²) in [6.45, 7) is 8.15. The molecule has 1 aliphatic rings. The second kappa shape index (κ2) is 5.07. The Bertz CT molecular complexity index is 294. The zero-order chi connectivity index (χ0) is 10.5. The van der Waals surface area contributed by atoms with Crippen molar-refractivity contribution in [3.63, 3.8) is 0 Å². The third-order valence-corrected chi connectivity index (χ3v) is 2.90. The first-order valence-corrected chi connectivity index (χ1v) is 5.54. The molecule has 2 rings (SSSR count). The molecule has 0 saturated carbocycles. The standard InChI is InChI=1S/C11H18N4/c1-2-5-14-6-3-4-11(7-14)8-15-10-12-9-13-15/h2,9-11H,1,3-8H2. The predicted octanol–water partition coefficient (Wildman–Crippen LogP) is 1.18. The van der Waals surface area contributed by atoms with Crippen LogP contribution in [0.25, 0.3) is 0 Å². The van der Waals surface area contributed by atoms with Crippen LogP contribution in [-0.2, 0) is 6.54 Å². The minimum atomic E-state index is 0.709. The number of rotatable bonds is 4. The second-order valence-corrected chi connectivity index (χ2v) is 4.17. The van der Waals surface area contributed by atoms with Crippen molar-refractivity contribution in [3.8, 4) is 0 Å². The summed E-state index contributed by atoms with van der Waals surface area (Å²) in [5.74, 6) is 0.709. The molecule has 1 atom stereocenters. The topological polar surface area (TPSA) is 34.0 Å². The molecular weight excluding hydrogens is 188 g/mol. The van der Waals surface area contributed by atoms with E-state index in [1.165, 1.54) is 19.4 Å². The normalized spacial score (nSPS) is 22.8. The average Bonchev–Trinajstić information content (AvgIpc) is 2.71. The molecule has 0 aliphatic carbocycles. The third-order valence-electron chi connectivity index (χ3n) is 2.90. The largest absolute Gasteiger partial charge is 0.299 e. The first kappa shape index (κ1) is 10.4. The monoisotopic (exact) mass is 206 g/mol. The van der Waals surface area contributed by atoms with Crippen molar-refractivity contribution in [2.75, 3.05) is 19.6 Å². The maximum absolute atomic E-state index is 4.15. The molecule has 1 aromatic rings. The van der Waals surface area contributed by atoms with Crippen LogP contribution < -0.4 is 0 Å². The maximum Gasteiger partial charge on any atom is 0.137 e. The Morgan fingerprint density at radius 1 is 1.53 bits per heavy atom. The van der Waals surface area contributed by atoms with Gasteiger partial charge in [0.2, 0.25) is 0 Å². The van der Waals surface area contributed by atoms with Crippen LogP contribution in [0.3, 0.4) is 0 Å². The molecule has 0 bridgehead atoms. The molecule has 2 heterocycles. The Morgan fingerprint density at radius 2 is 2.47 bits per heavy atom. The number of piperidine rings is 1. The molecule has 1 aromatic heterocycles. The van der Waals surface area contributed by atoms with Crippen LogP contribution in [0.15, 0.2) is 25.3 Å². The van der Waals surface area contributed by atoms with Gasteiger partial charge in [-0.05, 0) is 25.3 Å². The van der Waals surface area contributed by atoms with Crippen molar-refractivity contribution in [3.05, 3.63) is 25.3 Å². The van der Waals surface area contributed by atoms with Crippen LogP contribution in [0.2, 0.25) is 0 Å². The molecule has 4 nitrogen and oxygen atoms in total. The van der Waals surface area contributed by atoms with E-state index in [2.05, 4.69) is 21.6 Å². The molecular formula is C11H18N4. The van der Waals surface area contributed by atoms with E-state index >= 15 is 0 Å². The van der Waals surface area contributed by atoms with Gasteiger partial charge in [-0.2, -0.15) is 5.10 Å². The number of likely N-dealkylation sites (tertiary alicyclic amines) is 1. The van der Waals surface area contributed by atoms with Gasteiger partial charge in [-0.3, -0.25) is 9.58 Å². The quantitative estimate of drug-likeness (QED) is 0.694. The van der Waals surface area contributed by atoms with Crippen molar-refractivity contribution >= 4 is 0 Å². The van der Waals surface area contributed by atoms with Crippen LogP contribution >= 0.6 is 0 Å².